The van der Waals surface area contributed by atoms with Gasteiger partial charge in [0.1, 0.15) is 0 Å². The van der Waals surface area contributed by atoms with Crippen LogP contribution in [0.2, 0.25) is 0 Å². The van der Waals surface area contributed by atoms with Crippen LogP contribution in [0.15, 0.2) is 0 Å². The Hall–Kier alpha value is -0.780. The predicted octanol–water partition coefficient (Wildman–Crippen LogP) is 0.0772. The summed E-state index contributed by atoms with van der Waals surface area (Å²) in [5.41, 5.74) is 0. The van der Waals surface area contributed by atoms with Crippen molar-refractivity contribution in [1.82, 2.24) is 5.32 Å². The van der Waals surface area contributed by atoms with Gasteiger partial charge in [0, 0.05) is 6.04 Å². The van der Waals surface area contributed by atoms with Crippen molar-refractivity contribution in [2.75, 3.05) is 11.5 Å². The number of sulfone groups is 1. The lowest BCUT2D eigenvalue weighted by atomic mass is 10.0. The number of hydrogen-bond donors (Lipinski definition) is 2. The first-order valence-electron chi connectivity index (χ1n) is 4.66. The molecule has 80 valence electrons. The molecule has 2 rings (SSSR count). The summed E-state index contributed by atoms with van der Waals surface area (Å²) in [7, 11) is -2.83. The zero-order chi connectivity index (χ0) is 10.3. The van der Waals surface area contributed by atoms with E-state index >= 15 is 0 Å². The van der Waals surface area contributed by atoms with Gasteiger partial charge in [-0.3, -0.25) is 0 Å². The molecule has 1 amide bonds. The number of carbonyl (C=O) groups is 1. The lowest BCUT2D eigenvalue weighted by Gasteiger charge is -2.09. The topological polar surface area (TPSA) is 83.5 Å². The molecule has 1 heterocycles. The highest BCUT2D eigenvalue weighted by molar-refractivity contribution is 7.91. The first-order valence-corrected chi connectivity index (χ1v) is 6.48. The van der Waals surface area contributed by atoms with Crippen LogP contribution < -0.4 is 5.32 Å². The van der Waals surface area contributed by atoms with E-state index in [0.29, 0.717) is 12.8 Å². The van der Waals surface area contributed by atoms with E-state index in [9.17, 15) is 13.2 Å². The smallest absolute Gasteiger partial charge is 0.404 e. The molecule has 0 bridgehead atoms. The Morgan fingerprint density at radius 2 is 1.71 bits per heavy atom. The molecular formula is C8H13NO4S. The van der Waals surface area contributed by atoms with Crippen molar-refractivity contribution in [2.24, 2.45) is 11.8 Å². The summed E-state index contributed by atoms with van der Waals surface area (Å²) in [6.07, 6.45) is 0.338. The van der Waals surface area contributed by atoms with Crippen LogP contribution in [0.5, 0.6) is 0 Å². The van der Waals surface area contributed by atoms with Gasteiger partial charge in [0.05, 0.1) is 11.5 Å². The molecule has 0 unspecified atom stereocenters. The number of nitrogens with one attached hydrogen (secondary N) is 1. The van der Waals surface area contributed by atoms with Crippen LogP contribution in [0.25, 0.3) is 0 Å². The van der Waals surface area contributed by atoms with Crippen LogP contribution in [0.3, 0.4) is 0 Å². The number of rotatable bonds is 1. The number of fused-ring (bicyclic) bond motifs is 1. The van der Waals surface area contributed by atoms with E-state index in [-0.39, 0.29) is 29.4 Å². The molecule has 14 heavy (non-hydrogen) atoms. The standard InChI is InChI=1S/C8H13NO4S/c10-8(11)9-7-1-5-3-14(12,13)4-6(5)2-7/h5-7,9H,1-4H2,(H,10,11)/t5-,6+,7+. The van der Waals surface area contributed by atoms with Gasteiger partial charge < -0.3 is 10.4 Å². The summed E-state index contributed by atoms with van der Waals surface area (Å²) in [5, 5.41) is 10.9. The van der Waals surface area contributed by atoms with Gasteiger partial charge in [0.25, 0.3) is 0 Å². The van der Waals surface area contributed by atoms with Gasteiger partial charge >= 0.3 is 6.09 Å². The molecule has 2 fully saturated rings. The van der Waals surface area contributed by atoms with Crippen LogP contribution in [0, 0.1) is 11.8 Å². The second kappa shape index (κ2) is 3.12. The van der Waals surface area contributed by atoms with E-state index in [1.165, 1.54) is 0 Å². The molecule has 5 nitrogen and oxygen atoms in total. The van der Waals surface area contributed by atoms with Crippen molar-refractivity contribution < 1.29 is 18.3 Å². The SMILES string of the molecule is O=C(O)N[C@H]1C[C@@H]2CS(=O)(=O)C[C@@H]2C1. The molecule has 0 spiro atoms. The highest BCUT2D eigenvalue weighted by atomic mass is 32.2. The second-order valence-electron chi connectivity index (χ2n) is 4.21. The molecule has 1 saturated carbocycles. The molecule has 0 aromatic carbocycles. The third kappa shape index (κ3) is 1.84. The molecule has 0 aromatic rings. The molecule has 2 N–H and O–H groups in total. The predicted molar refractivity (Wildman–Crippen MR) is 49.8 cm³/mol. The van der Waals surface area contributed by atoms with Gasteiger partial charge in [-0.2, -0.15) is 0 Å². The average Bonchev–Trinajstić information content (AvgIpc) is 2.38. The molecular weight excluding hydrogens is 206 g/mol. The second-order valence-corrected chi connectivity index (χ2v) is 6.37. The Morgan fingerprint density at radius 3 is 2.14 bits per heavy atom. The van der Waals surface area contributed by atoms with Gasteiger partial charge in [-0.05, 0) is 24.7 Å². The van der Waals surface area contributed by atoms with Crippen molar-refractivity contribution in [3.63, 3.8) is 0 Å². The van der Waals surface area contributed by atoms with Crippen LogP contribution in [-0.2, 0) is 9.84 Å². The molecule has 3 atom stereocenters. The van der Waals surface area contributed by atoms with Gasteiger partial charge in [-0.15, -0.1) is 0 Å². The third-order valence-corrected chi connectivity index (χ3v) is 4.98. The van der Waals surface area contributed by atoms with Crippen molar-refractivity contribution in [1.29, 1.82) is 0 Å². The zero-order valence-electron chi connectivity index (χ0n) is 7.64. The van der Waals surface area contributed by atoms with Crippen molar-refractivity contribution in [3.05, 3.63) is 0 Å². The fraction of sp³-hybridized carbons (Fsp3) is 0.875. The summed E-state index contributed by atoms with van der Waals surface area (Å²) < 4.78 is 22.5. The quantitative estimate of drug-likeness (QED) is 0.654. The normalized spacial score (nSPS) is 39.3. The maximum atomic E-state index is 11.2. The average molecular weight is 219 g/mol. The van der Waals surface area contributed by atoms with Crippen molar-refractivity contribution in [2.45, 2.75) is 18.9 Å². The van der Waals surface area contributed by atoms with Crippen LogP contribution in [-0.4, -0.2) is 37.2 Å². The van der Waals surface area contributed by atoms with E-state index in [4.69, 9.17) is 5.11 Å². The zero-order valence-corrected chi connectivity index (χ0v) is 8.46. The summed E-state index contributed by atoms with van der Waals surface area (Å²) in [5.74, 6) is 0.846. The van der Waals surface area contributed by atoms with E-state index in [0.717, 1.165) is 0 Å². The van der Waals surface area contributed by atoms with E-state index in [2.05, 4.69) is 5.32 Å². The molecule has 1 aliphatic heterocycles. The Balaban J connectivity index is 1.97. The van der Waals surface area contributed by atoms with E-state index in [1.807, 2.05) is 0 Å². The summed E-state index contributed by atoms with van der Waals surface area (Å²) >= 11 is 0. The number of amides is 1. The minimum absolute atomic E-state index is 0.0435. The largest absolute Gasteiger partial charge is 0.465 e. The molecule has 1 aliphatic carbocycles. The maximum Gasteiger partial charge on any atom is 0.404 e. The molecule has 0 radical (unpaired) electrons. The Morgan fingerprint density at radius 1 is 1.21 bits per heavy atom. The lowest BCUT2D eigenvalue weighted by molar-refractivity contribution is 0.189. The van der Waals surface area contributed by atoms with Crippen molar-refractivity contribution >= 4 is 15.9 Å². The maximum absolute atomic E-state index is 11.2. The highest BCUT2D eigenvalue weighted by Gasteiger charge is 2.44. The van der Waals surface area contributed by atoms with Gasteiger partial charge in [-0.25, -0.2) is 13.2 Å². The monoisotopic (exact) mass is 219 g/mol. The fourth-order valence-corrected chi connectivity index (χ4v) is 4.89. The van der Waals surface area contributed by atoms with Crippen LogP contribution in [0.4, 0.5) is 4.79 Å². The molecule has 0 aromatic heterocycles. The summed E-state index contributed by atoms with van der Waals surface area (Å²) in [6.45, 7) is 0. The van der Waals surface area contributed by atoms with Gasteiger partial charge in [0.2, 0.25) is 0 Å². The Bertz CT molecular complexity index is 330. The fourth-order valence-electron chi connectivity index (χ4n) is 2.63. The molecule has 1 saturated heterocycles. The minimum Gasteiger partial charge on any atom is -0.465 e. The molecule has 6 heteroatoms. The first-order chi connectivity index (χ1) is 6.46. The van der Waals surface area contributed by atoms with Crippen molar-refractivity contribution in [3.8, 4) is 0 Å². The Labute approximate surface area is 82.4 Å². The van der Waals surface area contributed by atoms with Gasteiger partial charge in [0.15, 0.2) is 9.84 Å². The van der Waals surface area contributed by atoms with E-state index < -0.39 is 15.9 Å². The number of carboxylic acid groups (broad SMARTS) is 1. The third-order valence-electron chi connectivity index (χ3n) is 3.10. The number of hydrogen-bond acceptors (Lipinski definition) is 3. The summed E-state index contributed by atoms with van der Waals surface area (Å²) in [6, 6.07) is -0.0435. The lowest BCUT2D eigenvalue weighted by Crippen LogP contribution is -2.32. The summed E-state index contributed by atoms with van der Waals surface area (Å²) in [4.78, 5) is 10.4. The van der Waals surface area contributed by atoms with Gasteiger partial charge in [-0.1, -0.05) is 0 Å². The Kier molecular flexibility index (Phi) is 2.17. The highest BCUT2D eigenvalue weighted by Crippen LogP contribution is 2.39. The van der Waals surface area contributed by atoms with E-state index in [1.54, 1.807) is 0 Å². The van der Waals surface area contributed by atoms with Crippen LogP contribution in [0.1, 0.15) is 12.8 Å². The van der Waals surface area contributed by atoms with Crippen LogP contribution >= 0.6 is 0 Å². The minimum atomic E-state index is -2.83. The molecule has 2 aliphatic rings. The first kappa shape index (κ1) is 9.76.